The second kappa shape index (κ2) is 21.1. The molecule has 2 aromatic rings. The van der Waals surface area contributed by atoms with Crippen molar-refractivity contribution in [3.63, 3.8) is 0 Å². The number of unbranched alkanes of at least 4 members (excludes halogenated alkanes) is 2. The third kappa shape index (κ3) is 17.2. The van der Waals surface area contributed by atoms with E-state index in [1.165, 1.54) is 52.6 Å². The molecule has 0 aliphatic heterocycles. The second-order valence-corrected chi connectivity index (χ2v) is 15.5. The lowest BCUT2D eigenvalue weighted by molar-refractivity contribution is 0.366. The fourth-order valence-electron chi connectivity index (χ4n) is 4.32. The molecule has 8 heteroatoms. The minimum absolute atomic E-state index is 0.167. The van der Waals surface area contributed by atoms with Gasteiger partial charge in [0, 0.05) is 0 Å². The van der Waals surface area contributed by atoms with Crippen molar-refractivity contribution < 1.29 is 29.4 Å². The molecule has 0 aliphatic carbocycles. The lowest BCUT2D eigenvalue weighted by Crippen LogP contribution is -2.21. The Balaban J connectivity index is 0. The van der Waals surface area contributed by atoms with Crippen LogP contribution >= 0.6 is 17.2 Å². The first-order chi connectivity index (χ1) is 20.5. The van der Waals surface area contributed by atoms with E-state index in [0.717, 1.165) is 25.7 Å². The summed E-state index contributed by atoms with van der Waals surface area (Å²) in [6.07, 6.45) is 8.63. The molecule has 6 nitrogen and oxygen atoms in total. The summed E-state index contributed by atoms with van der Waals surface area (Å²) in [5.74, 6) is 0. The Morgan fingerprint density at radius 1 is 0.400 bits per heavy atom. The Hall–Kier alpha value is -0.940. The number of hydrogen-bond donors (Lipinski definition) is 6. The van der Waals surface area contributed by atoms with Crippen LogP contribution in [0.15, 0.2) is 36.4 Å². The number of rotatable bonds is 11. The zero-order valence-electron chi connectivity index (χ0n) is 31.0. The van der Waals surface area contributed by atoms with Crippen LogP contribution in [0.3, 0.4) is 0 Å². The summed E-state index contributed by atoms with van der Waals surface area (Å²) in [6.45, 7) is 32.7. The highest BCUT2D eigenvalue weighted by Gasteiger charge is 2.27. The van der Waals surface area contributed by atoms with Gasteiger partial charge in [0.1, 0.15) is 0 Å². The predicted octanol–water partition coefficient (Wildman–Crippen LogP) is 10.7. The van der Waals surface area contributed by atoms with Crippen LogP contribution in [0.2, 0.25) is 0 Å². The van der Waals surface area contributed by atoms with Crippen molar-refractivity contribution in [1.29, 1.82) is 0 Å². The molecule has 0 aliphatic rings. The molecular weight excluding hydrogens is 602 g/mol. The lowest BCUT2D eigenvalue weighted by atomic mass is 9.73. The van der Waals surface area contributed by atoms with Gasteiger partial charge in [0.2, 0.25) is 0 Å². The molecular formula is C37H68O6P2. The summed E-state index contributed by atoms with van der Waals surface area (Å²) < 4.78 is 0. The normalized spacial score (nSPS) is 12.1. The molecule has 0 saturated carbocycles. The molecule has 0 heterocycles. The van der Waals surface area contributed by atoms with Crippen LogP contribution < -0.4 is 0 Å². The monoisotopic (exact) mass is 670 g/mol. The van der Waals surface area contributed by atoms with E-state index in [-0.39, 0.29) is 21.7 Å². The Kier molecular flexibility index (Phi) is 21.7. The predicted molar refractivity (Wildman–Crippen MR) is 197 cm³/mol. The van der Waals surface area contributed by atoms with Crippen LogP contribution in [-0.2, 0) is 21.7 Å². The van der Waals surface area contributed by atoms with Crippen LogP contribution in [0, 0.1) is 0 Å². The van der Waals surface area contributed by atoms with Crippen LogP contribution in [0.1, 0.15) is 164 Å². The van der Waals surface area contributed by atoms with Gasteiger partial charge < -0.3 is 29.4 Å². The standard InChI is InChI=1S/C32H50.C5H12.2H3O3P/c1-13-29(5,6)25-17-23(18-26(21-25)30(7,8)14-2)24-19-27(31(9,10)15-3)22-28(20-24)32(11,12)16-4;1-3-5-4-2;2*1-4(2)3/h17-22H,13-16H2,1-12H3;3-5H2,1-2H3;2*1-3H. The van der Waals surface area contributed by atoms with E-state index >= 15 is 0 Å². The van der Waals surface area contributed by atoms with Crippen molar-refractivity contribution in [3.05, 3.63) is 58.7 Å². The molecule has 6 N–H and O–H groups in total. The van der Waals surface area contributed by atoms with Crippen molar-refractivity contribution >= 4 is 17.2 Å². The molecule has 0 atom stereocenters. The van der Waals surface area contributed by atoms with E-state index in [2.05, 4.69) is 133 Å². The Labute approximate surface area is 279 Å². The van der Waals surface area contributed by atoms with E-state index in [0.29, 0.717) is 0 Å². The summed E-state index contributed by atoms with van der Waals surface area (Å²) in [6, 6.07) is 14.8. The molecule has 0 radical (unpaired) electrons. The van der Waals surface area contributed by atoms with Crippen LogP contribution in [0.4, 0.5) is 0 Å². The molecule has 262 valence electrons. The van der Waals surface area contributed by atoms with Crippen LogP contribution in [0.25, 0.3) is 11.1 Å². The summed E-state index contributed by atoms with van der Waals surface area (Å²) in [5.41, 5.74) is 9.28. The van der Waals surface area contributed by atoms with Crippen molar-refractivity contribution in [2.24, 2.45) is 0 Å². The van der Waals surface area contributed by atoms with E-state index < -0.39 is 17.2 Å². The van der Waals surface area contributed by atoms with Crippen molar-refractivity contribution in [2.75, 3.05) is 0 Å². The average Bonchev–Trinajstić information content (AvgIpc) is 2.96. The van der Waals surface area contributed by atoms with Crippen molar-refractivity contribution in [2.45, 2.75) is 164 Å². The molecule has 45 heavy (non-hydrogen) atoms. The fraction of sp³-hybridized carbons (Fsp3) is 0.676. The van der Waals surface area contributed by atoms with Crippen molar-refractivity contribution in [3.8, 4) is 11.1 Å². The maximum atomic E-state index is 7.23. The highest BCUT2D eigenvalue weighted by atomic mass is 31.2. The molecule has 0 unspecified atom stereocenters. The maximum absolute atomic E-state index is 7.23. The van der Waals surface area contributed by atoms with Gasteiger partial charge in [-0.1, -0.05) is 153 Å². The third-order valence-electron chi connectivity index (χ3n) is 9.57. The second-order valence-electron chi connectivity index (χ2n) is 14.4. The first-order valence-electron chi connectivity index (χ1n) is 16.6. The fourth-order valence-corrected chi connectivity index (χ4v) is 4.32. The number of hydrogen-bond acceptors (Lipinski definition) is 6. The largest absolute Gasteiger partial charge is 0.328 e. The van der Waals surface area contributed by atoms with Crippen molar-refractivity contribution in [1.82, 2.24) is 0 Å². The summed E-state index contributed by atoms with van der Waals surface area (Å²) in [7, 11) is -5.24. The van der Waals surface area contributed by atoms with Gasteiger partial charge in [-0.15, -0.1) is 0 Å². The van der Waals surface area contributed by atoms with E-state index in [4.69, 9.17) is 29.4 Å². The zero-order valence-corrected chi connectivity index (χ0v) is 32.8. The van der Waals surface area contributed by atoms with Crippen LogP contribution in [-0.4, -0.2) is 29.4 Å². The average molecular weight is 671 g/mol. The molecule has 0 saturated heterocycles. The minimum Gasteiger partial charge on any atom is -0.328 e. The number of benzene rings is 2. The summed E-state index contributed by atoms with van der Waals surface area (Å²) >= 11 is 0. The lowest BCUT2D eigenvalue weighted by Gasteiger charge is -2.31. The van der Waals surface area contributed by atoms with Gasteiger partial charge in [-0.2, -0.15) is 0 Å². The first-order valence-corrected chi connectivity index (χ1v) is 19.0. The zero-order chi connectivity index (χ0) is 35.8. The van der Waals surface area contributed by atoms with Gasteiger partial charge in [-0.3, -0.25) is 0 Å². The molecule has 0 amide bonds. The van der Waals surface area contributed by atoms with Gasteiger partial charge >= 0.3 is 17.2 Å². The highest BCUT2D eigenvalue weighted by Crippen LogP contribution is 2.40. The van der Waals surface area contributed by atoms with Gasteiger partial charge in [-0.05, 0) is 80.7 Å². The quantitative estimate of drug-likeness (QED) is 0.132. The van der Waals surface area contributed by atoms with E-state index in [1.54, 1.807) is 0 Å². The Bertz CT molecular complexity index is 935. The molecule has 0 bridgehead atoms. The van der Waals surface area contributed by atoms with Crippen LogP contribution in [0.5, 0.6) is 0 Å². The molecule has 2 rings (SSSR count). The van der Waals surface area contributed by atoms with E-state index in [9.17, 15) is 0 Å². The molecule has 2 aromatic carbocycles. The van der Waals surface area contributed by atoms with Gasteiger partial charge in [-0.25, -0.2) is 0 Å². The van der Waals surface area contributed by atoms with E-state index in [1.807, 2.05) is 0 Å². The minimum atomic E-state index is -2.62. The first kappa shape index (κ1) is 46.2. The smallest absolute Gasteiger partial charge is 0.324 e. The van der Waals surface area contributed by atoms with Gasteiger partial charge in [0.25, 0.3) is 0 Å². The summed E-state index contributed by atoms with van der Waals surface area (Å²) in [5, 5.41) is 0. The summed E-state index contributed by atoms with van der Waals surface area (Å²) in [4.78, 5) is 43.4. The third-order valence-corrected chi connectivity index (χ3v) is 9.57. The maximum Gasteiger partial charge on any atom is 0.324 e. The topological polar surface area (TPSA) is 121 Å². The molecule has 0 aromatic heterocycles. The Morgan fingerprint density at radius 3 is 0.689 bits per heavy atom. The molecule has 0 spiro atoms. The Morgan fingerprint density at radius 2 is 0.578 bits per heavy atom. The molecule has 0 fully saturated rings. The van der Waals surface area contributed by atoms with Gasteiger partial charge in [0.15, 0.2) is 0 Å². The van der Waals surface area contributed by atoms with Gasteiger partial charge in [0.05, 0.1) is 0 Å². The highest BCUT2D eigenvalue weighted by molar-refractivity contribution is 7.38. The SMILES string of the molecule is CCC(C)(C)c1cc(-c2cc(C(C)(C)CC)cc(C(C)(C)CC)c2)cc(C(C)(C)CC)c1.CCCCC.OP(O)O.OP(O)O.